The van der Waals surface area contributed by atoms with Gasteiger partial charge in [-0.1, -0.05) is 55.5 Å². The fraction of sp³-hybridized carbons (Fsp3) is 0.364. The average Bonchev–Trinajstić information content (AvgIpc) is 3.03. The van der Waals surface area contributed by atoms with Crippen molar-refractivity contribution in [3.8, 4) is 11.1 Å². The number of rotatable bonds is 8. The van der Waals surface area contributed by atoms with Gasteiger partial charge in [-0.05, 0) is 41.5 Å². The van der Waals surface area contributed by atoms with E-state index >= 15 is 0 Å². The molecule has 6 heteroatoms. The number of carboxylic acids is 1. The molecule has 0 fully saturated rings. The molecule has 2 atom stereocenters. The molecular formula is C22H25NO5. The normalized spacial score (nSPS) is 14.6. The molecule has 0 aromatic heterocycles. The van der Waals surface area contributed by atoms with E-state index in [1.54, 1.807) is 0 Å². The highest BCUT2D eigenvalue weighted by molar-refractivity contribution is 5.81. The fourth-order valence-electron chi connectivity index (χ4n) is 3.60. The number of alkyl carbamates (subject to hydrolysis) is 1. The lowest BCUT2D eigenvalue weighted by atomic mass is 9.98. The lowest BCUT2D eigenvalue weighted by Gasteiger charge is -2.18. The summed E-state index contributed by atoms with van der Waals surface area (Å²) in [5.74, 6) is -1.22. The van der Waals surface area contributed by atoms with Gasteiger partial charge in [0.25, 0.3) is 0 Å². The Kier molecular flexibility index (Phi) is 6.31. The maximum absolute atomic E-state index is 12.2. The van der Waals surface area contributed by atoms with E-state index in [4.69, 9.17) is 4.74 Å². The summed E-state index contributed by atoms with van der Waals surface area (Å²) in [6.45, 7) is 1.95. The first-order chi connectivity index (χ1) is 13.5. The summed E-state index contributed by atoms with van der Waals surface area (Å²) in [5, 5.41) is 21.3. The van der Waals surface area contributed by atoms with Crippen LogP contribution in [0, 0.1) is 0 Å². The van der Waals surface area contributed by atoms with Crippen LogP contribution >= 0.6 is 0 Å². The molecule has 0 spiro atoms. The summed E-state index contributed by atoms with van der Waals surface area (Å²) < 4.78 is 5.38. The topological polar surface area (TPSA) is 95.9 Å². The molecule has 0 heterocycles. The number of carboxylic acid groups (broad SMARTS) is 1. The van der Waals surface area contributed by atoms with E-state index < -0.39 is 24.2 Å². The Morgan fingerprint density at radius 1 is 1.04 bits per heavy atom. The van der Waals surface area contributed by atoms with Crippen molar-refractivity contribution in [1.29, 1.82) is 0 Å². The number of nitrogens with one attached hydrogen (secondary N) is 1. The quantitative estimate of drug-likeness (QED) is 0.648. The molecule has 2 aromatic carbocycles. The largest absolute Gasteiger partial charge is 0.480 e. The summed E-state index contributed by atoms with van der Waals surface area (Å²) >= 11 is 0. The molecule has 0 aliphatic heterocycles. The second kappa shape index (κ2) is 8.89. The number of aliphatic hydroxyl groups excluding tert-OH is 1. The van der Waals surface area contributed by atoms with Gasteiger partial charge >= 0.3 is 12.1 Å². The minimum absolute atomic E-state index is 0.0802. The van der Waals surface area contributed by atoms with E-state index in [0.29, 0.717) is 12.8 Å². The van der Waals surface area contributed by atoms with Crippen LogP contribution in [0.5, 0.6) is 0 Å². The standard InChI is InChI=1S/C22H25NO5/c1-2-14(24)11-12-20(21(25)26)23-22(27)28-13-19-17-9-5-3-7-15(17)16-8-4-6-10-18(16)19/h3-10,14,19-20,24H,2,11-13H2,1H3,(H,23,27)(H,25,26). The van der Waals surface area contributed by atoms with Gasteiger partial charge in [-0.15, -0.1) is 0 Å². The molecule has 3 N–H and O–H groups in total. The Labute approximate surface area is 164 Å². The van der Waals surface area contributed by atoms with Gasteiger partial charge in [0.15, 0.2) is 0 Å². The SMILES string of the molecule is CCC(O)CCC(NC(=O)OCC1c2ccccc2-c2ccccc21)C(=O)O. The van der Waals surface area contributed by atoms with Gasteiger partial charge in [-0.2, -0.15) is 0 Å². The highest BCUT2D eigenvalue weighted by Gasteiger charge is 2.29. The second-order valence-electron chi connectivity index (χ2n) is 7.00. The Bertz CT molecular complexity index is 805. The van der Waals surface area contributed by atoms with Crippen LogP contribution in [-0.2, 0) is 9.53 Å². The van der Waals surface area contributed by atoms with Crippen molar-refractivity contribution in [2.24, 2.45) is 0 Å². The fourth-order valence-corrected chi connectivity index (χ4v) is 3.60. The number of hydrogen-bond acceptors (Lipinski definition) is 4. The van der Waals surface area contributed by atoms with E-state index in [0.717, 1.165) is 22.3 Å². The van der Waals surface area contributed by atoms with Gasteiger partial charge in [0.2, 0.25) is 0 Å². The minimum atomic E-state index is -1.14. The third-order valence-electron chi connectivity index (χ3n) is 5.19. The number of carbonyl (C=O) groups excluding carboxylic acids is 1. The highest BCUT2D eigenvalue weighted by Crippen LogP contribution is 2.44. The lowest BCUT2D eigenvalue weighted by Crippen LogP contribution is -2.41. The van der Waals surface area contributed by atoms with Crippen molar-refractivity contribution < 1.29 is 24.5 Å². The maximum Gasteiger partial charge on any atom is 0.407 e. The number of benzene rings is 2. The van der Waals surface area contributed by atoms with Crippen LogP contribution in [0.15, 0.2) is 48.5 Å². The van der Waals surface area contributed by atoms with Crippen molar-refractivity contribution in [3.05, 3.63) is 59.7 Å². The van der Waals surface area contributed by atoms with E-state index in [9.17, 15) is 19.8 Å². The van der Waals surface area contributed by atoms with Crippen LogP contribution < -0.4 is 5.32 Å². The van der Waals surface area contributed by atoms with Gasteiger partial charge in [-0.25, -0.2) is 9.59 Å². The zero-order valence-corrected chi connectivity index (χ0v) is 15.8. The number of aliphatic hydroxyl groups is 1. The van der Waals surface area contributed by atoms with E-state index in [1.807, 2.05) is 55.5 Å². The molecule has 148 valence electrons. The van der Waals surface area contributed by atoms with Crippen molar-refractivity contribution >= 4 is 12.1 Å². The lowest BCUT2D eigenvalue weighted by molar-refractivity contribution is -0.139. The molecule has 2 aromatic rings. The zero-order chi connectivity index (χ0) is 20.1. The summed E-state index contributed by atoms with van der Waals surface area (Å²) in [5.41, 5.74) is 4.45. The molecule has 0 saturated heterocycles. The molecule has 1 aliphatic carbocycles. The summed E-state index contributed by atoms with van der Waals surface area (Å²) in [6.07, 6.45) is -0.352. The third kappa shape index (κ3) is 4.34. The molecule has 2 unspecified atom stereocenters. The molecule has 0 radical (unpaired) electrons. The minimum Gasteiger partial charge on any atom is -0.480 e. The Morgan fingerprint density at radius 2 is 1.61 bits per heavy atom. The molecule has 0 bridgehead atoms. The summed E-state index contributed by atoms with van der Waals surface area (Å²) in [4.78, 5) is 23.6. The number of fused-ring (bicyclic) bond motifs is 3. The van der Waals surface area contributed by atoms with Gasteiger partial charge in [0, 0.05) is 5.92 Å². The number of ether oxygens (including phenoxy) is 1. The first-order valence-electron chi connectivity index (χ1n) is 9.53. The maximum atomic E-state index is 12.2. The van der Waals surface area contributed by atoms with Gasteiger partial charge in [0.05, 0.1) is 6.10 Å². The van der Waals surface area contributed by atoms with Crippen LogP contribution in [-0.4, -0.2) is 41.0 Å². The highest BCUT2D eigenvalue weighted by atomic mass is 16.5. The number of hydrogen-bond donors (Lipinski definition) is 3. The third-order valence-corrected chi connectivity index (χ3v) is 5.19. The van der Waals surface area contributed by atoms with E-state index in [2.05, 4.69) is 5.32 Å². The molecule has 28 heavy (non-hydrogen) atoms. The van der Waals surface area contributed by atoms with Crippen molar-refractivity contribution in [1.82, 2.24) is 5.32 Å². The Balaban J connectivity index is 1.63. The van der Waals surface area contributed by atoms with Crippen LogP contribution in [0.1, 0.15) is 43.2 Å². The molecular weight excluding hydrogens is 358 g/mol. The molecule has 3 rings (SSSR count). The smallest absolute Gasteiger partial charge is 0.407 e. The van der Waals surface area contributed by atoms with Crippen LogP contribution in [0.25, 0.3) is 11.1 Å². The van der Waals surface area contributed by atoms with Crippen molar-refractivity contribution in [2.45, 2.75) is 44.2 Å². The zero-order valence-electron chi connectivity index (χ0n) is 15.8. The molecule has 1 amide bonds. The molecule has 0 saturated carbocycles. The van der Waals surface area contributed by atoms with Crippen LogP contribution in [0.3, 0.4) is 0 Å². The summed E-state index contributed by atoms with van der Waals surface area (Å²) in [7, 11) is 0. The predicted octanol–water partition coefficient (Wildman–Crippen LogP) is 3.53. The number of carbonyl (C=O) groups is 2. The van der Waals surface area contributed by atoms with Crippen LogP contribution in [0.2, 0.25) is 0 Å². The first kappa shape index (κ1) is 19.9. The molecule has 1 aliphatic rings. The van der Waals surface area contributed by atoms with Crippen LogP contribution in [0.4, 0.5) is 4.79 Å². The monoisotopic (exact) mass is 383 g/mol. The summed E-state index contributed by atoms with van der Waals surface area (Å²) in [6, 6.07) is 14.9. The Morgan fingerprint density at radius 3 is 2.14 bits per heavy atom. The van der Waals surface area contributed by atoms with Gasteiger partial charge < -0.3 is 20.3 Å². The second-order valence-corrected chi connectivity index (χ2v) is 7.00. The first-order valence-corrected chi connectivity index (χ1v) is 9.53. The van der Waals surface area contributed by atoms with E-state index in [-0.39, 0.29) is 18.9 Å². The van der Waals surface area contributed by atoms with Gasteiger partial charge in [-0.3, -0.25) is 0 Å². The number of aliphatic carboxylic acids is 1. The average molecular weight is 383 g/mol. The van der Waals surface area contributed by atoms with Crippen molar-refractivity contribution in [3.63, 3.8) is 0 Å². The Hall–Kier alpha value is -2.86. The predicted molar refractivity (Wildman–Crippen MR) is 105 cm³/mol. The van der Waals surface area contributed by atoms with Gasteiger partial charge in [0.1, 0.15) is 12.6 Å². The number of amides is 1. The molecule has 6 nitrogen and oxygen atoms in total. The van der Waals surface area contributed by atoms with E-state index in [1.165, 1.54) is 0 Å². The van der Waals surface area contributed by atoms with Crippen molar-refractivity contribution in [2.75, 3.05) is 6.61 Å².